The maximum Gasteiger partial charge on any atom is 0.240 e. The number of benzene rings is 2. The Kier molecular flexibility index (Phi) is 7.10. The minimum atomic E-state index is -3.67. The summed E-state index contributed by atoms with van der Waals surface area (Å²) in [5, 5.41) is 3.05. The van der Waals surface area contributed by atoms with Gasteiger partial charge in [0.05, 0.1) is 24.1 Å². The molecule has 6 nitrogen and oxygen atoms in total. The Bertz CT molecular complexity index is 888. The Morgan fingerprint density at radius 2 is 1.89 bits per heavy atom. The van der Waals surface area contributed by atoms with Crippen molar-refractivity contribution in [2.24, 2.45) is 0 Å². The SMILES string of the molecule is COc1ccc(N(CC(=O)NCC(C)c2ccccc2)S(C)(=O)=O)cc1Cl. The summed E-state index contributed by atoms with van der Waals surface area (Å²) in [7, 11) is -2.20. The lowest BCUT2D eigenvalue weighted by Gasteiger charge is -2.23. The second-order valence-electron chi connectivity index (χ2n) is 6.20. The van der Waals surface area contributed by atoms with Crippen LogP contribution in [0.25, 0.3) is 0 Å². The molecular weight excluding hydrogens is 388 g/mol. The first kappa shape index (κ1) is 21.1. The largest absolute Gasteiger partial charge is 0.495 e. The zero-order valence-corrected chi connectivity index (χ0v) is 17.0. The third-order valence-electron chi connectivity index (χ3n) is 4.08. The molecule has 0 aliphatic heterocycles. The molecule has 0 bridgehead atoms. The fourth-order valence-corrected chi connectivity index (χ4v) is 3.66. The Hall–Kier alpha value is -2.25. The van der Waals surface area contributed by atoms with Crippen molar-refractivity contribution in [1.82, 2.24) is 5.32 Å². The molecule has 2 rings (SSSR count). The number of nitrogens with one attached hydrogen (secondary N) is 1. The zero-order valence-electron chi connectivity index (χ0n) is 15.5. The van der Waals surface area contributed by atoms with Crippen molar-refractivity contribution < 1.29 is 17.9 Å². The first-order valence-electron chi connectivity index (χ1n) is 8.35. The van der Waals surface area contributed by atoms with E-state index < -0.39 is 15.9 Å². The van der Waals surface area contributed by atoms with Gasteiger partial charge >= 0.3 is 0 Å². The summed E-state index contributed by atoms with van der Waals surface area (Å²) in [5.74, 6) is 0.141. The van der Waals surface area contributed by atoms with Crippen molar-refractivity contribution in [2.45, 2.75) is 12.8 Å². The molecule has 0 aliphatic rings. The molecule has 146 valence electrons. The number of carbonyl (C=O) groups excluding carboxylic acids is 1. The fourth-order valence-electron chi connectivity index (χ4n) is 2.56. The van der Waals surface area contributed by atoms with Gasteiger partial charge in [0, 0.05) is 6.54 Å². The van der Waals surface area contributed by atoms with E-state index in [1.807, 2.05) is 37.3 Å². The third-order valence-corrected chi connectivity index (χ3v) is 5.52. The molecule has 2 aromatic carbocycles. The molecule has 0 saturated heterocycles. The number of ether oxygens (including phenoxy) is 1. The topological polar surface area (TPSA) is 75.7 Å². The predicted molar refractivity (Wildman–Crippen MR) is 108 cm³/mol. The van der Waals surface area contributed by atoms with E-state index in [1.54, 1.807) is 12.1 Å². The molecule has 0 aliphatic carbocycles. The second-order valence-corrected chi connectivity index (χ2v) is 8.52. The van der Waals surface area contributed by atoms with Gasteiger partial charge < -0.3 is 10.1 Å². The van der Waals surface area contributed by atoms with Gasteiger partial charge in [-0.15, -0.1) is 0 Å². The highest BCUT2D eigenvalue weighted by Crippen LogP contribution is 2.30. The van der Waals surface area contributed by atoms with E-state index in [-0.39, 0.29) is 17.5 Å². The highest BCUT2D eigenvalue weighted by Gasteiger charge is 2.22. The van der Waals surface area contributed by atoms with Crippen LogP contribution in [-0.4, -0.2) is 40.8 Å². The normalized spacial score (nSPS) is 12.3. The first-order valence-corrected chi connectivity index (χ1v) is 10.6. The van der Waals surface area contributed by atoms with E-state index in [9.17, 15) is 13.2 Å². The molecule has 27 heavy (non-hydrogen) atoms. The van der Waals surface area contributed by atoms with Gasteiger partial charge in [-0.3, -0.25) is 9.10 Å². The van der Waals surface area contributed by atoms with Gasteiger partial charge in [0.1, 0.15) is 12.3 Å². The lowest BCUT2D eigenvalue weighted by molar-refractivity contribution is -0.119. The maximum atomic E-state index is 12.3. The van der Waals surface area contributed by atoms with Crippen molar-refractivity contribution in [3.63, 3.8) is 0 Å². The van der Waals surface area contributed by atoms with Gasteiger partial charge in [-0.05, 0) is 29.7 Å². The summed E-state index contributed by atoms with van der Waals surface area (Å²) in [6, 6.07) is 14.3. The van der Waals surface area contributed by atoms with Crippen molar-refractivity contribution in [1.29, 1.82) is 0 Å². The predicted octanol–water partition coefficient (Wildman–Crippen LogP) is 3.03. The number of rotatable bonds is 8. The summed E-state index contributed by atoms with van der Waals surface area (Å²) in [6.07, 6.45) is 1.05. The number of hydrogen-bond acceptors (Lipinski definition) is 4. The molecule has 0 fully saturated rings. The molecule has 0 heterocycles. The van der Waals surface area contributed by atoms with E-state index >= 15 is 0 Å². The lowest BCUT2D eigenvalue weighted by atomic mass is 10.0. The number of sulfonamides is 1. The van der Waals surface area contributed by atoms with E-state index in [4.69, 9.17) is 16.3 Å². The molecule has 0 saturated carbocycles. The number of amides is 1. The van der Waals surface area contributed by atoms with Crippen LogP contribution in [0.2, 0.25) is 5.02 Å². The van der Waals surface area contributed by atoms with E-state index in [2.05, 4.69) is 5.32 Å². The Balaban J connectivity index is 2.08. The molecule has 1 N–H and O–H groups in total. The van der Waals surface area contributed by atoms with Crippen LogP contribution in [0.4, 0.5) is 5.69 Å². The molecule has 1 unspecified atom stereocenters. The number of carbonyl (C=O) groups is 1. The summed E-state index contributed by atoms with van der Waals surface area (Å²) < 4.78 is 30.4. The number of anilines is 1. The van der Waals surface area contributed by atoms with Gasteiger partial charge in [0.25, 0.3) is 0 Å². The quantitative estimate of drug-likeness (QED) is 0.725. The molecule has 0 spiro atoms. The van der Waals surface area contributed by atoms with Gasteiger partial charge in [0.2, 0.25) is 15.9 Å². The molecule has 1 atom stereocenters. The average molecular weight is 411 g/mol. The number of halogens is 1. The summed E-state index contributed by atoms with van der Waals surface area (Å²) in [5.41, 5.74) is 1.40. The highest BCUT2D eigenvalue weighted by molar-refractivity contribution is 7.92. The molecular formula is C19H23ClN2O4S. The van der Waals surface area contributed by atoms with Crippen molar-refractivity contribution in [3.8, 4) is 5.75 Å². The summed E-state index contributed by atoms with van der Waals surface area (Å²) >= 11 is 6.08. The van der Waals surface area contributed by atoms with Crippen LogP contribution in [0.5, 0.6) is 5.75 Å². The lowest BCUT2D eigenvalue weighted by Crippen LogP contribution is -2.41. The minimum Gasteiger partial charge on any atom is -0.495 e. The minimum absolute atomic E-state index is 0.109. The Labute approximate surface area is 165 Å². The van der Waals surface area contributed by atoms with Crippen LogP contribution in [0.3, 0.4) is 0 Å². The van der Waals surface area contributed by atoms with Crippen LogP contribution in [-0.2, 0) is 14.8 Å². The summed E-state index contributed by atoms with van der Waals surface area (Å²) in [4.78, 5) is 12.3. The van der Waals surface area contributed by atoms with Crippen LogP contribution < -0.4 is 14.4 Å². The van der Waals surface area contributed by atoms with Crippen molar-refractivity contribution >= 4 is 33.2 Å². The van der Waals surface area contributed by atoms with Crippen molar-refractivity contribution in [3.05, 3.63) is 59.1 Å². The van der Waals surface area contributed by atoms with Gasteiger partial charge in [0.15, 0.2) is 0 Å². The molecule has 0 radical (unpaired) electrons. The summed E-state index contributed by atoms with van der Waals surface area (Å²) in [6.45, 7) is 2.07. The van der Waals surface area contributed by atoms with Crippen LogP contribution in [0.1, 0.15) is 18.4 Å². The van der Waals surface area contributed by atoms with E-state index in [0.717, 1.165) is 16.1 Å². The molecule has 8 heteroatoms. The molecule has 0 aromatic heterocycles. The second kappa shape index (κ2) is 9.10. The van der Waals surface area contributed by atoms with Crippen molar-refractivity contribution in [2.75, 3.05) is 30.8 Å². The Morgan fingerprint density at radius 1 is 1.22 bits per heavy atom. The number of methoxy groups -OCH3 is 1. The van der Waals surface area contributed by atoms with E-state index in [1.165, 1.54) is 13.2 Å². The smallest absolute Gasteiger partial charge is 0.240 e. The zero-order chi connectivity index (χ0) is 20.0. The van der Waals surface area contributed by atoms with Crippen LogP contribution in [0, 0.1) is 0 Å². The van der Waals surface area contributed by atoms with Gasteiger partial charge in [-0.2, -0.15) is 0 Å². The molecule has 2 aromatic rings. The number of hydrogen-bond donors (Lipinski definition) is 1. The fraction of sp³-hybridized carbons (Fsp3) is 0.316. The first-order chi connectivity index (χ1) is 12.7. The number of nitrogens with zero attached hydrogens (tertiary/aromatic N) is 1. The maximum absolute atomic E-state index is 12.3. The van der Waals surface area contributed by atoms with Gasteiger partial charge in [-0.25, -0.2) is 8.42 Å². The van der Waals surface area contributed by atoms with Gasteiger partial charge in [-0.1, -0.05) is 48.9 Å². The van der Waals surface area contributed by atoms with Crippen LogP contribution in [0.15, 0.2) is 48.5 Å². The van der Waals surface area contributed by atoms with Crippen LogP contribution >= 0.6 is 11.6 Å². The standard InChI is InChI=1S/C19H23ClN2O4S/c1-14(15-7-5-4-6-8-15)12-21-19(23)13-22(27(3,24)25)16-9-10-18(26-2)17(20)11-16/h4-11,14H,12-13H2,1-3H3,(H,21,23). The third kappa shape index (κ3) is 5.87. The average Bonchev–Trinajstić information content (AvgIpc) is 2.64. The molecule has 1 amide bonds. The highest BCUT2D eigenvalue weighted by atomic mass is 35.5. The van der Waals surface area contributed by atoms with E-state index in [0.29, 0.717) is 18.0 Å². The Morgan fingerprint density at radius 3 is 2.44 bits per heavy atom. The monoisotopic (exact) mass is 410 g/mol.